The molecule has 0 amide bonds. The van der Waals surface area contributed by atoms with Gasteiger partial charge >= 0.3 is 0 Å². The Morgan fingerprint density at radius 3 is 2.41 bits per heavy atom. The second-order valence-corrected chi connectivity index (χ2v) is 10.5. The Morgan fingerprint density at radius 2 is 1.70 bits per heavy atom. The molecule has 5 rings (SSSR count). The predicted molar refractivity (Wildman–Crippen MR) is 147 cm³/mol. The standard InChI is InChI=1S/C30H33N3O3S/c1-20-27(19-37-30-32-13-14-33(30)2)35-29(36-28(20)23-11-9-21(18-34)10-12-23)26-8-4-7-25(16-26)24-6-3-5-22(15-24)17-31/h3-16,20,27-29,34H,17-19,31H2,1-2H3/t20-,27+,28+,29+/m1/s1. The number of aromatic nitrogens is 2. The molecule has 0 bridgehead atoms. The van der Waals surface area contributed by atoms with Crippen LogP contribution in [0.4, 0.5) is 0 Å². The fraction of sp³-hybridized carbons (Fsp3) is 0.300. The number of nitrogens with two attached hydrogens (primary N) is 1. The molecule has 4 atom stereocenters. The maximum atomic E-state index is 9.49. The fourth-order valence-corrected chi connectivity index (χ4v) is 5.80. The number of aliphatic hydroxyl groups is 1. The third kappa shape index (κ3) is 5.81. The molecule has 2 heterocycles. The molecule has 4 aromatic rings. The van der Waals surface area contributed by atoms with Crippen LogP contribution in [0.5, 0.6) is 0 Å². The minimum absolute atomic E-state index is 0.0220. The van der Waals surface area contributed by atoms with Gasteiger partial charge in [0.15, 0.2) is 11.4 Å². The number of aliphatic hydroxyl groups excluding tert-OH is 1. The van der Waals surface area contributed by atoms with Crippen molar-refractivity contribution in [3.63, 3.8) is 0 Å². The average molecular weight is 516 g/mol. The Hall–Kier alpha value is -2.94. The third-order valence-corrected chi connectivity index (χ3v) is 8.08. The van der Waals surface area contributed by atoms with Crippen LogP contribution >= 0.6 is 11.8 Å². The molecule has 0 radical (unpaired) electrons. The van der Waals surface area contributed by atoms with Gasteiger partial charge in [0.1, 0.15) is 0 Å². The predicted octanol–water partition coefficient (Wildman–Crippen LogP) is 5.62. The topological polar surface area (TPSA) is 82.5 Å². The number of imidazole rings is 1. The van der Waals surface area contributed by atoms with E-state index < -0.39 is 6.29 Å². The van der Waals surface area contributed by atoms with Crippen LogP contribution in [0.15, 0.2) is 90.3 Å². The maximum Gasteiger partial charge on any atom is 0.184 e. The number of benzene rings is 3. The lowest BCUT2D eigenvalue weighted by atomic mass is 9.91. The van der Waals surface area contributed by atoms with Crippen molar-refractivity contribution >= 4 is 11.8 Å². The summed E-state index contributed by atoms with van der Waals surface area (Å²) in [5.74, 6) is 0.878. The van der Waals surface area contributed by atoms with Crippen LogP contribution in [0.3, 0.4) is 0 Å². The van der Waals surface area contributed by atoms with Crippen molar-refractivity contribution in [1.29, 1.82) is 0 Å². The monoisotopic (exact) mass is 515 g/mol. The van der Waals surface area contributed by atoms with E-state index in [0.717, 1.165) is 44.3 Å². The summed E-state index contributed by atoms with van der Waals surface area (Å²) in [5.41, 5.74) is 12.1. The van der Waals surface area contributed by atoms with Gasteiger partial charge in [0.2, 0.25) is 0 Å². The van der Waals surface area contributed by atoms with Crippen molar-refractivity contribution in [3.8, 4) is 11.1 Å². The molecule has 192 valence electrons. The van der Waals surface area contributed by atoms with Gasteiger partial charge in [0.25, 0.3) is 0 Å². The Labute approximate surface area is 222 Å². The van der Waals surface area contributed by atoms with Gasteiger partial charge in [-0.05, 0) is 39.9 Å². The van der Waals surface area contributed by atoms with E-state index in [9.17, 15) is 5.11 Å². The molecule has 3 N–H and O–H groups in total. The van der Waals surface area contributed by atoms with E-state index in [1.165, 1.54) is 0 Å². The van der Waals surface area contributed by atoms with Crippen LogP contribution < -0.4 is 5.73 Å². The van der Waals surface area contributed by atoms with Crippen molar-refractivity contribution in [3.05, 3.63) is 107 Å². The van der Waals surface area contributed by atoms with Crippen molar-refractivity contribution in [1.82, 2.24) is 9.55 Å². The largest absolute Gasteiger partial charge is 0.392 e. The summed E-state index contributed by atoms with van der Waals surface area (Å²) in [7, 11) is 2.00. The van der Waals surface area contributed by atoms with Gasteiger partial charge in [-0.3, -0.25) is 0 Å². The highest BCUT2D eigenvalue weighted by Crippen LogP contribution is 2.43. The molecule has 37 heavy (non-hydrogen) atoms. The van der Waals surface area contributed by atoms with Gasteiger partial charge in [-0.2, -0.15) is 0 Å². The lowest BCUT2D eigenvalue weighted by Gasteiger charge is -2.41. The zero-order chi connectivity index (χ0) is 25.8. The zero-order valence-electron chi connectivity index (χ0n) is 21.2. The first-order valence-electron chi connectivity index (χ1n) is 12.6. The molecule has 6 nitrogen and oxygen atoms in total. The molecule has 1 fully saturated rings. The van der Waals surface area contributed by atoms with Crippen LogP contribution in [0.2, 0.25) is 0 Å². The van der Waals surface area contributed by atoms with Crippen molar-refractivity contribution in [2.45, 2.75) is 43.7 Å². The highest BCUT2D eigenvalue weighted by molar-refractivity contribution is 7.99. The van der Waals surface area contributed by atoms with Crippen LogP contribution in [0.25, 0.3) is 11.1 Å². The van der Waals surface area contributed by atoms with Gasteiger partial charge in [-0.15, -0.1) is 0 Å². The van der Waals surface area contributed by atoms with Crippen molar-refractivity contribution in [2.75, 3.05) is 5.75 Å². The number of rotatable bonds is 8. The van der Waals surface area contributed by atoms with Gasteiger partial charge in [-0.1, -0.05) is 79.3 Å². The van der Waals surface area contributed by atoms with Gasteiger partial charge < -0.3 is 24.9 Å². The molecule has 3 aromatic carbocycles. The number of aryl methyl sites for hydroxylation is 1. The molecule has 0 spiro atoms. The quantitative estimate of drug-likeness (QED) is 0.296. The van der Waals surface area contributed by atoms with E-state index >= 15 is 0 Å². The Balaban J connectivity index is 1.44. The summed E-state index contributed by atoms with van der Waals surface area (Å²) in [6.45, 7) is 2.71. The second kappa shape index (κ2) is 11.6. The Morgan fingerprint density at radius 1 is 0.946 bits per heavy atom. The minimum Gasteiger partial charge on any atom is -0.392 e. The Bertz CT molecular complexity index is 1320. The van der Waals surface area contributed by atoms with Crippen LogP contribution in [-0.4, -0.2) is 26.5 Å². The fourth-order valence-electron chi connectivity index (χ4n) is 4.70. The molecule has 0 saturated carbocycles. The molecular formula is C30H33N3O3S. The summed E-state index contributed by atoms with van der Waals surface area (Å²) < 4.78 is 15.3. The molecular weight excluding hydrogens is 482 g/mol. The number of thioether (sulfide) groups is 1. The van der Waals surface area contributed by atoms with Crippen LogP contribution in [0.1, 0.15) is 41.6 Å². The molecule has 1 saturated heterocycles. The molecule has 1 aliphatic rings. The molecule has 7 heteroatoms. The number of nitrogens with zero attached hydrogens (tertiary/aromatic N) is 2. The van der Waals surface area contributed by atoms with Crippen LogP contribution in [-0.2, 0) is 29.7 Å². The van der Waals surface area contributed by atoms with E-state index in [0.29, 0.717) is 6.54 Å². The number of ether oxygens (including phenoxy) is 2. The first-order valence-corrected chi connectivity index (χ1v) is 13.5. The molecule has 0 aliphatic carbocycles. The Kier molecular flexibility index (Phi) is 8.08. The number of hydrogen-bond donors (Lipinski definition) is 2. The van der Waals surface area contributed by atoms with Gasteiger partial charge in [0.05, 0.1) is 18.8 Å². The molecule has 0 unspecified atom stereocenters. The second-order valence-electron chi connectivity index (χ2n) is 9.48. The van der Waals surface area contributed by atoms with Gasteiger partial charge in [0, 0.05) is 43.2 Å². The first-order chi connectivity index (χ1) is 18.1. The summed E-state index contributed by atoms with van der Waals surface area (Å²) >= 11 is 1.70. The van der Waals surface area contributed by atoms with E-state index in [1.807, 2.05) is 66.5 Å². The van der Waals surface area contributed by atoms with E-state index in [1.54, 1.807) is 11.8 Å². The lowest BCUT2D eigenvalue weighted by Crippen LogP contribution is -2.38. The van der Waals surface area contributed by atoms with Crippen molar-refractivity contribution in [2.24, 2.45) is 18.7 Å². The minimum atomic E-state index is -0.511. The van der Waals surface area contributed by atoms with E-state index in [4.69, 9.17) is 15.2 Å². The average Bonchev–Trinajstić information content (AvgIpc) is 3.37. The molecule has 1 aromatic heterocycles. The zero-order valence-corrected chi connectivity index (χ0v) is 22.0. The SMILES string of the molecule is C[C@@H]1[C@H](CSc2nccn2C)O[C@H](c2cccc(-c3cccc(CN)c3)c2)O[C@@H]1c1ccc(CO)cc1. The van der Waals surface area contributed by atoms with Crippen molar-refractivity contribution < 1.29 is 14.6 Å². The summed E-state index contributed by atoms with van der Waals surface area (Å²) in [6.07, 6.45) is 3.06. The summed E-state index contributed by atoms with van der Waals surface area (Å²) in [4.78, 5) is 4.46. The summed E-state index contributed by atoms with van der Waals surface area (Å²) in [5, 5.41) is 10.5. The molecule has 1 aliphatic heterocycles. The van der Waals surface area contributed by atoms with Crippen LogP contribution in [0, 0.1) is 5.92 Å². The highest BCUT2D eigenvalue weighted by Gasteiger charge is 2.38. The smallest absolute Gasteiger partial charge is 0.184 e. The van der Waals surface area contributed by atoms with E-state index in [2.05, 4.69) is 42.2 Å². The number of hydrogen-bond acceptors (Lipinski definition) is 6. The van der Waals surface area contributed by atoms with E-state index in [-0.39, 0.29) is 24.7 Å². The first kappa shape index (κ1) is 25.7. The summed E-state index contributed by atoms with van der Waals surface area (Å²) in [6, 6.07) is 24.7. The van der Waals surface area contributed by atoms with Gasteiger partial charge in [-0.25, -0.2) is 4.98 Å². The third-order valence-electron chi connectivity index (χ3n) is 6.93. The lowest BCUT2D eigenvalue weighted by molar-refractivity contribution is -0.268. The maximum absolute atomic E-state index is 9.49. The normalized spacial score (nSPS) is 21.7. The highest BCUT2D eigenvalue weighted by atomic mass is 32.2.